The summed E-state index contributed by atoms with van der Waals surface area (Å²) in [6.07, 6.45) is 31.4. The van der Waals surface area contributed by atoms with Crippen LogP contribution in [-0.4, -0.2) is 25.2 Å². The molecule has 0 N–H and O–H groups in total. The summed E-state index contributed by atoms with van der Waals surface area (Å²) in [6, 6.07) is 0. The van der Waals surface area contributed by atoms with Crippen molar-refractivity contribution in [3.05, 3.63) is 0 Å². The maximum atomic E-state index is 2.76. The number of hydrogen-bond donors (Lipinski definition) is 0. The van der Waals surface area contributed by atoms with Crippen molar-refractivity contribution in [3.63, 3.8) is 0 Å². The fourth-order valence-corrected chi connectivity index (χ4v) is 8.43. The molecule has 0 aliphatic heterocycles. The van der Waals surface area contributed by atoms with E-state index in [1.807, 2.05) is 0 Å². The molecule has 0 atom stereocenters. The molecule has 26 heavy (non-hydrogen) atoms. The van der Waals surface area contributed by atoms with Crippen molar-refractivity contribution >= 4 is 7.26 Å². The standard InChI is InChI=1S/C25H55P/c1-5-8-11-14-17-20-23-26(4,24-21-18-15-12-9-6-2)25-22-19-16-13-10-7-3/h26H,5-25H2,1-4H3. The van der Waals surface area contributed by atoms with Crippen molar-refractivity contribution in [2.24, 2.45) is 0 Å². The van der Waals surface area contributed by atoms with Crippen molar-refractivity contribution in [1.29, 1.82) is 0 Å². The van der Waals surface area contributed by atoms with E-state index >= 15 is 0 Å². The minimum absolute atomic E-state index is 0.955. The Kier molecular flexibility index (Phi) is 20.5. The van der Waals surface area contributed by atoms with Crippen LogP contribution in [0.2, 0.25) is 0 Å². The molecule has 0 unspecified atom stereocenters. The quantitative estimate of drug-likeness (QED) is 0.136. The van der Waals surface area contributed by atoms with Crippen molar-refractivity contribution in [2.45, 2.75) is 136 Å². The van der Waals surface area contributed by atoms with Crippen molar-refractivity contribution in [3.8, 4) is 0 Å². The SMILES string of the molecule is CCCCCCCC[PH](C)(CCCCCCCC)CCCCCCCC. The van der Waals surface area contributed by atoms with Crippen LogP contribution in [0.1, 0.15) is 136 Å². The summed E-state index contributed by atoms with van der Waals surface area (Å²) in [6.45, 7) is 9.73. The predicted molar refractivity (Wildman–Crippen MR) is 129 cm³/mol. The van der Waals surface area contributed by atoms with E-state index in [1.54, 1.807) is 18.5 Å². The fraction of sp³-hybridized carbons (Fsp3) is 1.00. The Balaban J connectivity index is 4.02. The molecule has 0 amide bonds. The van der Waals surface area contributed by atoms with E-state index in [-0.39, 0.29) is 0 Å². The zero-order valence-corrected chi connectivity index (χ0v) is 20.3. The normalized spacial score (nSPS) is 12.6. The molecule has 0 aromatic heterocycles. The van der Waals surface area contributed by atoms with Crippen molar-refractivity contribution in [2.75, 3.05) is 25.2 Å². The van der Waals surface area contributed by atoms with Gasteiger partial charge in [-0.2, -0.15) is 0 Å². The number of hydrogen-bond acceptors (Lipinski definition) is 0. The van der Waals surface area contributed by atoms with E-state index < -0.39 is 7.26 Å². The molecule has 0 aliphatic carbocycles. The molecule has 160 valence electrons. The average molecular weight is 387 g/mol. The Labute approximate surface area is 169 Å². The van der Waals surface area contributed by atoms with Gasteiger partial charge in [0.05, 0.1) is 0 Å². The number of rotatable bonds is 21. The molecule has 0 spiro atoms. The van der Waals surface area contributed by atoms with Gasteiger partial charge in [-0.25, -0.2) is 0 Å². The van der Waals surface area contributed by atoms with Crippen molar-refractivity contribution in [1.82, 2.24) is 0 Å². The molecule has 1 heteroatoms. The zero-order valence-electron chi connectivity index (χ0n) is 19.3. The van der Waals surface area contributed by atoms with Crippen LogP contribution in [-0.2, 0) is 0 Å². The van der Waals surface area contributed by atoms with Gasteiger partial charge >= 0.3 is 169 Å². The number of unbranched alkanes of at least 4 members (excludes halogenated alkanes) is 15. The molecule has 0 saturated carbocycles. The average Bonchev–Trinajstić information content (AvgIpc) is 2.64. The van der Waals surface area contributed by atoms with Crippen LogP contribution in [0.5, 0.6) is 0 Å². The molecular weight excluding hydrogens is 331 g/mol. The Bertz CT molecular complexity index is 220. The summed E-state index contributed by atoms with van der Waals surface area (Å²) >= 11 is 0. The first-order chi connectivity index (χ1) is 12.7. The Morgan fingerprint density at radius 2 is 0.577 bits per heavy atom. The fourth-order valence-electron chi connectivity index (χ4n) is 4.37. The van der Waals surface area contributed by atoms with Crippen LogP contribution in [0.3, 0.4) is 0 Å². The molecular formula is C25H55P. The van der Waals surface area contributed by atoms with E-state index in [1.165, 1.54) is 116 Å². The van der Waals surface area contributed by atoms with Crippen LogP contribution in [0, 0.1) is 0 Å². The minimum atomic E-state index is -0.955. The monoisotopic (exact) mass is 386 g/mol. The summed E-state index contributed by atoms with van der Waals surface area (Å²) < 4.78 is 0. The van der Waals surface area contributed by atoms with E-state index in [9.17, 15) is 0 Å². The van der Waals surface area contributed by atoms with Gasteiger partial charge < -0.3 is 0 Å². The van der Waals surface area contributed by atoms with Crippen LogP contribution in [0.4, 0.5) is 0 Å². The molecule has 0 aliphatic rings. The third-order valence-electron chi connectivity index (χ3n) is 6.40. The zero-order chi connectivity index (χ0) is 19.3. The van der Waals surface area contributed by atoms with Gasteiger partial charge in [-0.3, -0.25) is 0 Å². The molecule has 0 heterocycles. The second-order valence-corrected chi connectivity index (χ2v) is 14.5. The second kappa shape index (κ2) is 20.2. The van der Waals surface area contributed by atoms with Gasteiger partial charge in [0, 0.05) is 0 Å². The topological polar surface area (TPSA) is 0 Å². The molecule has 0 radical (unpaired) electrons. The van der Waals surface area contributed by atoms with E-state index in [4.69, 9.17) is 0 Å². The van der Waals surface area contributed by atoms with Gasteiger partial charge in [0.25, 0.3) is 0 Å². The van der Waals surface area contributed by atoms with Gasteiger partial charge in [-0.15, -0.1) is 0 Å². The maximum absolute atomic E-state index is 2.76. The summed E-state index contributed by atoms with van der Waals surface area (Å²) in [7, 11) is -0.955. The molecule has 0 aromatic rings. The van der Waals surface area contributed by atoms with Gasteiger partial charge in [0.2, 0.25) is 0 Å². The van der Waals surface area contributed by atoms with Crippen LogP contribution >= 0.6 is 7.26 Å². The van der Waals surface area contributed by atoms with Gasteiger partial charge in [0.1, 0.15) is 0 Å². The third kappa shape index (κ3) is 17.8. The summed E-state index contributed by atoms with van der Waals surface area (Å²) in [5.41, 5.74) is 0. The van der Waals surface area contributed by atoms with E-state index in [0.717, 1.165) is 0 Å². The van der Waals surface area contributed by atoms with Gasteiger partial charge in [-0.1, -0.05) is 0 Å². The molecule has 0 rings (SSSR count). The van der Waals surface area contributed by atoms with Gasteiger partial charge in [-0.05, 0) is 0 Å². The summed E-state index contributed by atoms with van der Waals surface area (Å²) in [4.78, 5) is 0. The summed E-state index contributed by atoms with van der Waals surface area (Å²) in [5, 5.41) is 0. The van der Waals surface area contributed by atoms with E-state index in [2.05, 4.69) is 27.4 Å². The Morgan fingerprint density at radius 3 is 0.846 bits per heavy atom. The predicted octanol–water partition coefficient (Wildman–Crippen LogP) is 9.45. The molecule has 0 aromatic carbocycles. The van der Waals surface area contributed by atoms with Gasteiger partial charge in [0.15, 0.2) is 0 Å². The van der Waals surface area contributed by atoms with Crippen molar-refractivity contribution < 1.29 is 0 Å². The molecule has 0 fully saturated rings. The molecule has 0 bridgehead atoms. The van der Waals surface area contributed by atoms with E-state index in [0.29, 0.717) is 0 Å². The second-order valence-electron chi connectivity index (χ2n) is 9.36. The van der Waals surface area contributed by atoms with Crippen LogP contribution < -0.4 is 0 Å². The first-order valence-electron chi connectivity index (χ1n) is 12.7. The van der Waals surface area contributed by atoms with Crippen LogP contribution in [0.25, 0.3) is 0 Å². The molecule has 0 nitrogen and oxygen atoms in total. The first-order valence-corrected chi connectivity index (χ1v) is 15.8. The first kappa shape index (κ1) is 26.4. The Hall–Kier alpha value is 0.430. The Morgan fingerprint density at radius 1 is 0.346 bits per heavy atom. The third-order valence-corrected chi connectivity index (χ3v) is 11.1. The summed E-state index contributed by atoms with van der Waals surface area (Å²) in [5.74, 6) is 0. The van der Waals surface area contributed by atoms with Crippen LogP contribution in [0.15, 0.2) is 0 Å². The molecule has 0 saturated heterocycles.